The normalized spacial score (nSPS) is 10.7. The lowest BCUT2D eigenvalue weighted by Gasteiger charge is -2.11. The number of hydrogen-bond donors (Lipinski definition) is 1. The van der Waals surface area contributed by atoms with E-state index in [1.165, 1.54) is 0 Å². The third-order valence-electron chi connectivity index (χ3n) is 3.19. The molecule has 0 unspecified atom stereocenters. The summed E-state index contributed by atoms with van der Waals surface area (Å²) in [6, 6.07) is 8.90. The van der Waals surface area contributed by atoms with Crippen molar-refractivity contribution in [2.24, 2.45) is 0 Å². The fourth-order valence-electron chi connectivity index (χ4n) is 2.21. The highest BCUT2D eigenvalue weighted by Crippen LogP contribution is 2.31. The smallest absolute Gasteiger partial charge is 0.144 e. The Hall–Kier alpha value is -2.44. The quantitative estimate of drug-likeness (QED) is 0.800. The third kappa shape index (κ3) is 2.54. The predicted octanol–water partition coefficient (Wildman–Crippen LogP) is 2.48. The second-order valence-electron chi connectivity index (χ2n) is 4.51. The molecule has 0 saturated heterocycles. The number of benzene rings is 1. The molecule has 112 valence electrons. The Labute approximate surface area is 132 Å². The van der Waals surface area contributed by atoms with Crippen molar-refractivity contribution in [2.75, 3.05) is 7.11 Å². The van der Waals surface area contributed by atoms with Crippen molar-refractivity contribution >= 4 is 11.6 Å². The van der Waals surface area contributed by atoms with E-state index in [2.05, 4.69) is 15.3 Å². The molecule has 7 heteroatoms. The molecule has 3 rings (SSSR count). The molecule has 1 aromatic carbocycles. The van der Waals surface area contributed by atoms with E-state index in [4.69, 9.17) is 16.3 Å². The molecule has 6 nitrogen and oxygen atoms in total. The molecule has 0 aliphatic rings. The molecule has 2 heterocycles. The van der Waals surface area contributed by atoms with Crippen LogP contribution in [-0.2, 0) is 6.61 Å². The molecule has 1 N–H and O–H groups in total. The Morgan fingerprint density at radius 3 is 2.86 bits per heavy atom. The van der Waals surface area contributed by atoms with Gasteiger partial charge in [-0.05, 0) is 30.3 Å². The van der Waals surface area contributed by atoms with Gasteiger partial charge in [-0.3, -0.25) is 4.98 Å². The molecule has 0 aliphatic carbocycles. The maximum Gasteiger partial charge on any atom is 0.144 e. The summed E-state index contributed by atoms with van der Waals surface area (Å²) in [5, 5.41) is 18.2. The standard InChI is InChI=1S/C15H13ClN4O2/c1-22-14-5-4-11(16)7-13(14)20-15(12(9-21)18-19-20)10-3-2-6-17-8-10/h2-8,21H,9H2,1H3. The Morgan fingerprint density at radius 1 is 1.32 bits per heavy atom. The van der Waals surface area contributed by atoms with E-state index in [9.17, 15) is 5.11 Å². The van der Waals surface area contributed by atoms with Crippen molar-refractivity contribution in [3.63, 3.8) is 0 Å². The van der Waals surface area contributed by atoms with Crippen LogP contribution in [0.25, 0.3) is 16.9 Å². The van der Waals surface area contributed by atoms with Crippen LogP contribution in [-0.4, -0.2) is 32.2 Å². The summed E-state index contributed by atoms with van der Waals surface area (Å²) in [5.74, 6) is 0.601. The number of aliphatic hydroxyl groups is 1. The fourth-order valence-corrected chi connectivity index (χ4v) is 2.37. The zero-order valence-electron chi connectivity index (χ0n) is 11.8. The van der Waals surface area contributed by atoms with Gasteiger partial charge in [0.2, 0.25) is 0 Å². The van der Waals surface area contributed by atoms with Gasteiger partial charge in [0, 0.05) is 23.0 Å². The fraction of sp³-hybridized carbons (Fsp3) is 0.133. The van der Waals surface area contributed by atoms with E-state index >= 15 is 0 Å². The first kappa shape index (κ1) is 14.5. The van der Waals surface area contributed by atoms with E-state index < -0.39 is 0 Å². The first-order valence-corrected chi connectivity index (χ1v) is 6.92. The van der Waals surface area contributed by atoms with E-state index in [0.717, 1.165) is 5.56 Å². The molecule has 0 atom stereocenters. The maximum atomic E-state index is 9.53. The van der Waals surface area contributed by atoms with Gasteiger partial charge < -0.3 is 9.84 Å². The van der Waals surface area contributed by atoms with Gasteiger partial charge in [-0.1, -0.05) is 16.8 Å². The van der Waals surface area contributed by atoms with Gasteiger partial charge in [0.25, 0.3) is 0 Å². The van der Waals surface area contributed by atoms with Crippen molar-refractivity contribution in [1.29, 1.82) is 0 Å². The predicted molar refractivity (Wildman–Crippen MR) is 82.1 cm³/mol. The van der Waals surface area contributed by atoms with Crippen LogP contribution >= 0.6 is 11.6 Å². The van der Waals surface area contributed by atoms with Crippen molar-refractivity contribution in [3.05, 3.63) is 53.4 Å². The summed E-state index contributed by atoms with van der Waals surface area (Å²) >= 11 is 6.08. The minimum atomic E-state index is -0.229. The van der Waals surface area contributed by atoms with Crippen LogP contribution in [0.1, 0.15) is 5.69 Å². The van der Waals surface area contributed by atoms with Crippen molar-refractivity contribution in [2.45, 2.75) is 6.61 Å². The minimum absolute atomic E-state index is 0.229. The lowest BCUT2D eigenvalue weighted by Crippen LogP contribution is -2.03. The van der Waals surface area contributed by atoms with Gasteiger partial charge in [0.05, 0.1) is 13.7 Å². The second-order valence-corrected chi connectivity index (χ2v) is 4.95. The topological polar surface area (TPSA) is 73.1 Å². The van der Waals surface area contributed by atoms with Gasteiger partial charge >= 0.3 is 0 Å². The second kappa shape index (κ2) is 6.13. The number of hydrogen-bond acceptors (Lipinski definition) is 5. The number of halogens is 1. The molecule has 0 amide bonds. The number of methoxy groups -OCH3 is 1. The van der Waals surface area contributed by atoms with E-state index in [1.807, 2.05) is 12.1 Å². The average Bonchev–Trinajstić information content (AvgIpc) is 2.99. The number of pyridine rings is 1. The highest BCUT2D eigenvalue weighted by molar-refractivity contribution is 6.30. The molecule has 0 saturated carbocycles. The molecule has 0 radical (unpaired) electrons. The van der Waals surface area contributed by atoms with Crippen LogP contribution in [0.2, 0.25) is 5.02 Å². The number of aromatic nitrogens is 4. The Kier molecular flexibility index (Phi) is 4.04. The first-order valence-electron chi connectivity index (χ1n) is 6.54. The molecule has 0 bridgehead atoms. The summed E-state index contributed by atoms with van der Waals surface area (Å²) in [4.78, 5) is 4.10. The minimum Gasteiger partial charge on any atom is -0.494 e. The van der Waals surface area contributed by atoms with E-state index in [1.54, 1.807) is 42.4 Å². The van der Waals surface area contributed by atoms with Crippen LogP contribution in [0.4, 0.5) is 0 Å². The van der Waals surface area contributed by atoms with Gasteiger partial charge in [0.1, 0.15) is 22.8 Å². The molecule has 2 aromatic heterocycles. The summed E-state index contributed by atoms with van der Waals surface area (Å²) in [7, 11) is 1.57. The lowest BCUT2D eigenvalue weighted by atomic mass is 10.1. The highest BCUT2D eigenvalue weighted by Gasteiger charge is 2.18. The Balaban J connectivity index is 2.25. The van der Waals surface area contributed by atoms with Gasteiger partial charge in [-0.2, -0.15) is 0 Å². The number of aliphatic hydroxyl groups excluding tert-OH is 1. The Bertz CT molecular complexity index is 789. The Morgan fingerprint density at radius 2 is 2.18 bits per heavy atom. The summed E-state index contributed by atoms with van der Waals surface area (Å²) in [6.07, 6.45) is 3.36. The average molecular weight is 317 g/mol. The monoisotopic (exact) mass is 316 g/mol. The summed E-state index contributed by atoms with van der Waals surface area (Å²) < 4.78 is 6.95. The molecular weight excluding hydrogens is 304 g/mol. The van der Waals surface area contributed by atoms with E-state index in [0.29, 0.717) is 27.8 Å². The molecular formula is C15H13ClN4O2. The van der Waals surface area contributed by atoms with Crippen LogP contribution in [0.5, 0.6) is 5.75 Å². The molecule has 3 aromatic rings. The van der Waals surface area contributed by atoms with Crippen LogP contribution in [0.3, 0.4) is 0 Å². The third-order valence-corrected chi connectivity index (χ3v) is 3.43. The van der Waals surface area contributed by atoms with Crippen LogP contribution in [0.15, 0.2) is 42.7 Å². The molecule has 0 aliphatic heterocycles. The van der Waals surface area contributed by atoms with Crippen molar-refractivity contribution in [1.82, 2.24) is 20.0 Å². The lowest BCUT2D eigenvalue weighted by molar-refractivity contribution is 0.277. The number of nitrogens with zero attached hydrogens (tertiary/aromatic N) is 4. The molecule has 0 spiro atoms. The zero-order valence-corrected chi connectivity index (χ0v) is 12.5. The summed E-state index contributed by atoms with van der Waals surface area (Å²) in [6.45, 7) is -0.229. The molecule has 22 heavy (non-hydrogen) atoms. The zero-order chi connectivity index (χ0) is 15.5. The first-order chi connectivity index (χ1) is 10.7. The van der Waals surface area contributed by atoms with Gasteiger partial charge in [-0.25, -0.2) is 4.68 Å². The summed E-state index contributed by atoms with van der Waals surface area (Å²) in [5.41, 5.74) is 2.53. The number of rotatable bonds is 4. The van der Waals surface area contributed by atoms with Crippen molar-refractivity contribution < 1.29 is 9.84 Å². The van der Waals surface area contributed by atoms with Gasteiger partial charge in [-0.15, -0.1) is 5.10 Å². The SMILES string of the molecule is COc1ccc(Cl)cc1-n1nnc(CO)c1-c1cccnc1. The highest BCUT2D eigenvalue weighted by atomic mass is 35.5. The van der Waals surface area contributed by atoms with Crippen LogP contribution in [0, 0.1) is 0 Å². The maximum absolute atomic E-state index is 9.53. The largest absolute Gasteiger partial charge is 0.494 e. The van der Waals surface area contributed by atoms with E-state index in [-0.39, 0.29) is 6.61 Å². The van der Waals surface area contributed by atoms with Gasteiger partial charge in [0.15, 0.2) is 0 Å². The number of ether oxygens (including phenoxy) is 1. The van der Waals surface area contributed by atoms with Crippen LogP contribution < -0.4 is 4.74 Å². The molecule has 0 fully saturated rings. The van der Waals surface area contributed by atoms with Crippen molar-refractivity contribution in [3.8, 4) is 22.7 Å².